The maximum Gasteiger partial charge on any atom is 0.416 e. The third kappa shape index (κ3) is 4.47. The lowest BCUT2D eigenvalue weighted by atomic mass is 9.97. The van der Waals surface area contributed by atoms with E-state index in [4.69, 9.17) is 0 Å². The SMILES string of the molecule is CCCC[C@H](CC)C(=O)N1CCS[C@@H]1c1cccc(C(F)(F)F)c1. The lowest BCUT2D eigenvalue weighted by Gasteiger charge is -2.28. The van der Waals surface area contributed by atoms with Crippen LogP contribution in [0.2, 0.25) is 0 Å². The highest BCUT2D eigenvalue weighted by atomic mass is 32.2. The number of unbranched alkanes of at least 4 members (excludes halogenated alkanes) is 1. The van der Waals surface area contributed by atoms with E-state index in [2.05, 4.69) is 6.92 Å². The number of rotatable bonds is 6. The van der Waals surface area contributed by atoms with Crippen molar-refractivity contribution in [1.29, 1.82) is 0 Å². The molecule has 0 bridgehead atoms. The number of thioether (sulfide) groups is 1. The molecule has 0 radical (unpaired) electrons. The molecule has 6 heteroatoms. The van der Waals surface area contributed by atoms with Gasteiger partial charge in [-0.25, -0.2) is 0 Å². The highest BCUT2D eigenvalue weighted by molar-refractivity contribution is 7.99. The van der Waals surface area contributed by atoms with Crippen LogP contribution >= 0.6 is 11.8 Å². The number of carbonyl (C=O) groups is 1. The van der Waals surface area contributed by atoms with Gasteiger partial charge in [0.2, 0.25) is 5.91 Å². The Morgan fingerprint density at radius 2 is 2.12 bits per heavy atom. The van der Waals surface area contributed by atoms with Crippen molar-refractivity contribution < 1.29 is 18.0 Å². The molecule has 1 aliphatic heterocycles. The summed E-state index contributed by atoms with van der Waals surface area (Å²) in [5.74, 6) is 0.812. The van der Waals surface area contributed by atoms with Gasteiger partial charge in [0.15, 0.2) is 0 Å². The first-order valence-electron chi connectivity index (χ1n) is 8.47. The first-order valence-corrected chi connectivity index (χ1v) is 9.52. The minimum Gasteiger partial charge on any atom is -0.325 e. The van der Waals surface area contributed by atoms with E-state index >= 15 is 0 Å². The molecule has 1 saturated heterocycles. The number of alkyl halides is 3. The number of benzene rings is 1. The van der Waals surface area contributed by atoms with Crippen molar-refractivity contribution in [3.63, 3.8) is 0 Å². The van der Waals surface area contributed by atoms with Gasteiger partial charge in [-0.05, 0) is 30.5 Å². The largest absolute Gasteiger partial charge is 0.416 e. The van der Waals surface area contributed by atoms with Gasteiger partial charge in [-0.1, -0.05) is 38.8 Å². The van der Waals surface area contributed by atoms with Gasteiger partial charge in [0, 0.05) is 18.2 Å². The van der Waals surface area contributed by atoms with Crippen molar-refractivity contribution in [3.05, 3.63) is 35.4 Å². The van der Waals surface area contributed by atoms with Gasteiger partial charge >= 0.3 is 6.18 Å². The maximum atomic E-state index is 12.9. The zero-order chi connectivity index (χ0) is 17.7. The van der Waals surface area contributed by atoms with Gasteiger partial charge in [-0.15, -0.1) is 11.8 Å². The van der Waals surface area contributed by atoms with Crippen molar-refractivity contribution in [2.45, 2.75) is 51.1 Å². The quantitative estimate of drug-likeness (QED) is 0.669. The predicted octanol–water partition coefficient (Wildman–Crippen LogP) is 5.50. The van der Waals surface area contributed by atoms with Crippen LogP contribution in [0.25, 0.3) is 0 Å². The van der Waals surface area contributed by atoms with Gasteiger partial charge in [0.1, 0.15) is 5.37 Å². The van der Waals surface area contributed by atoms with Gasteiger partial charge in [0.05, 0.1) is 5.56 Å². The number of carbonyl (C=O) groups excluding carboxylic acids is 1. The first-order chi connectivity index (χ1) is 11.4. The molecule has 134 valence electrons. The Labute approximate surface area is 145 Å². The Kier molecular flexibility index (Phi) is 6.61. The normalized spacial score (nSPS) is 19.5. The predicted molar refractivity (Wildman–Crippen MR) is 91.7 cm³/mol. The number of nitrogens with zero attached hydrogens (tertiary/aromatic N) is 1. The second-order valence-electron chi connectivity index (χ2n) is 6.13. The highest BCUT2D eigenvalue weighted by Gasteiger charge is 2.36. The summed E-state index contributed by atoms with van der Waals surface area (Å²) >= 11 is 1.54. The Morgan fingerprint density at radius 1 is 1.38 bits per heavy atom. The Morgan fingerprint density at radius 3 is 2.75 bits per heavy atom. The molecule has 1 fully saturated rings. The summed E-state index contributed by atoms with van der Waals surface area (Å²) in [6, 6.07) is 5.36. The maximum absolute atomic E-state index is 12.9. The van der Waals surface area contributed by atoms with E-state index in [1.54, 1.807) is 22.7 Å². The monoisotopic (exact) mass is 359 g/mol. The average Bonchev–Trinajstić information content (AvgIpc) is 3.04. The van der Waals surface area contributed by atoms with E-state index < -0.39 is 11.7 Å². The molecule has 1 aromatic rings. The Bertz CT molecular complexity index is 561. The fourth-order valence-corrected chi connectivity index (χ4v) is 4.28. The van der Waals surface area contributed by atoms with Crippen molar-refractivity contribution in [2.24, 2.45) is 5.92 Å². The standard InChI is InChI=1S/C18H24F3NOS/c1-3-5-7-13(4-2)16(23)22-10-11-24-17(22)14-8-6-9-15(12-14)18(19,20)21/h6,8-9,12-13,17H,3-5,7,10-11H2,1-2H3/t13-,17+/m0/s1. The fraction of sp³-hybridized carbons (Fsp3) is 0.611. The molecule has 1 aromatic carbocycles. The van der Waals surface area contributed by atoms with Crippen molar-refractivity contribution >= 4 is 17.7 Å². The molecule has 2 atom stereocenters. The molecule has 2 nitrogen and oxygen atoms in total. The summed E-state index contributed by atoms with van der Waals surface area (Å²) in [7, 11) is 0. The van der Waals surface area contributed by atoms with Gasteiger partial charge < -0.3 is 4.90 Å². The van der Waals surface area contributed by atoms with Crippen LogP contribution in [-0.2, 0) is 11.0 Å². The van der Waals surface area contributed by atoms with Crippen LogP contribution < -0.4 is 0 Å². The molecule has 2 rings (SSSR count). The molecule has 0 spiro atoms. The van der Waals surface area contributed by atoms with Gasteiger partial charge in [-0.2, -0.15) is 13.2 Å². The smallest absolute Gasteiger partial charge is 0.325 e. The van der Waals surface area contributed by atoms with E-state index in [9.17, 15) is 18.0 Å². The van der Waals surface area contributed by atoms with Crippen molar-refractivity contribution in [2.75, 3.05) is 12.3 Å². The van der Waals surface area contributed by atoms with Crippen LogP contribution in [0, 0.1) is 5.92 Å². The van der Waals surface area contributed by atoms with E-state index in [0.29, 0.717) is 12.1 Å². The lowest BCUT2D eigenvalue weighted by molar-refractivity contribution is -0.137. The lowest BCUT2D eigenvalue weighted by Crippen LogP contribution is -2.35. The Hall–Kier alpha value is -1.17. The third-order valence-corrected chi connectivity index (χ3v) is 5.68. The van der Waals surface area contributed by atoms with Crippen LogP contribution in [0.1, 0.15) is 56.0 Å². The average molecular weight is 359 g/mol. The molecular weight excluding hydrogens is 335 g/mol. The summed E-state index contributed by atoms with van der Waals surface area (Å²) in [5, 5.41) is -0.310. The number of hydrogen-bond acceptors (Lipinski definition) is 2. The van der Waals surface area contributed by atoms with E-state index in [0.717, 1.165) is 37.5 Å². The second kappa shape index (κ2) is 8.28. The molecule has 0 aliphatic carbocycles. The molecule has 0 saturated carbocycles. The molecule has 0 aromatic heterocycles. The second-order valence-corrected chi connectivity index (χ2v) is 7.31. The van der Waals surface area contributed by atoms with Gasteiger partial charge in [-0.3, -0.25) is 4.79 Å². The van der Waals surface area contributed by atoms with E-state index in [-0.39, 0.29) is 17.2 Å². The number of hydrogen-bond donors (Lipinski definition) is 0. The molecule has 1 heterocycles. The van der Waals surface area contributed by atoms with Gasteiger partial charge in [0.25, 0.3) is 0 Å². The zero-order valence-electron chi connectivity index (χ0n) is 14.1. The third-order valence-electron chi connectivity index (χ3n) is 4.42. The van der Waals surface area contributed by atoms with Crippen LogP contribution in [0.15, 0.2) is 24.3 Å². The summed E-state index contributed by atoms with van der Waals surface area (Å²) in [6.45, 7) is 4.70. The van der Waals surface area contributed by atoms with E-state index in [1.807, 2.05) is 6.92 Å². The molecule has 1 amide bonds. The molecular formula is C18H24F3NOS. The van der Waals surface area contributed by atoms with Crippen molar-refractivity contribution in [3.8, 4) is 0 Å². The van der Waals surface area contributed by atoms with Crippen LogP contribution in [0.4, 0.5) is 13.2 Å². The Balaban J connectivity index is 2.19. The summed E-state index contributed by atoms with van der Waals surface area (Å²) < 4.78 is 38.8. The number of halogens is 3. The fourth-order valence-electron chi connectivity index (χ4n) is 3.03. The van der Waals surface area contributed by atoms with Crippen molar-refractivity contribution in [1.82, 2.24) is 4.90 Å². The minimum absolute atomic E-state index is 0.0306. The highest BCUT2D eigenvalue weighted by Crippen LogP contribution is 2.41. The molecule has 0 unspecified atom stereocenters. The minimum atomic E-state index is -4.36. The first kappa shape index (κ1) is 19.2. The summed E-state index contributed by atoms with van der Waals surface area (Å²) in [4.78, 5) is 14.6. The van der Waals surface area contributed by atoms with E-state index in [1.165, 1.54) is 12.1 Å². The summed E-state index contributed by atoms with van der Waals surface area (Å²) in [6.07, 6.45) is -0.701. The van der Waals surface area contributed by atoms with Crippen LogP contribution in [0.5, 0.6) is 0 Å². The van der Waals surface area contributed by atoms with Crippen LogP contribution in [-0.4, -0.2) is 23.1 Å². The molecule has 1 aliphatic rings. The summed E-state index contributed by atoms with van der Waals surface area (Å²) in [5.41, 5.74) is -0.0936. The number of amides is 1. The molecule has 0 N–H and O–H groups in total. The van der Waals surface area contributed by atoms with Crippen LogP contribution in [0.3, 0.4) is 0 Å². The topological polar surface area (TPSA) is 20.3 Å². The zero-order valence-corrected chi connectivity index (χ0v) is 14.9. The molecule has 24 heavy (non-hydrogen) atoms.